The molecule has 0 radical (unpaired) electrons. The van der Waals surface area contributed by atoms with Crippen LogP contribution < -0.4 is 4.74 Å². The van der Waals surface area contributed by atoms with Crippen molar-refractivity contribution in [1.82, 2.24) is 4.98 Å². The number of hydrogen-bond donors (Lipinski definition) is 0. The number of nitrogens with zero attached hydrogens (tertiary/aromatic N) is 1. The van der Waals surface area contributed by atoms with Crippen molar-refractivity contribution in [2.24, 2.45) is 0 Å². The standard InChI is InChI=1S/C15H15Cl2NO/c1-3-13-7-11(9-16)8-15(18-13)19-14-5-4-12(17)6-10(14)2/h4-8H,3,9H2,1-2H3. The van der Waals surface area contributed by atoms with E-state index in [-0.39, 0.29) is 0 Å². The van der Waals surface area contributed by atoms with E-state index in [1.807, 2.05) is 31.2 Å². The predicted octanol–water partition coefficient (Wildman–Crippen LogP) is 5.14. The van der Waals surface area contributed by atoms with Gasteiger partial charge in [-0.1, -0.05) is 18.5 Å². The largest absolute Gasteiger partial charge is 0.439 e. The molecule has 2 aromatic rings. The Labute approximate surface area is 123 Å². The molecule has 0 saturated carbocycles. The Morgan fingerprint density at radius 3 is 2.63 bits per heavy atom. The second-order valence-electron chi connectivity index (χ2n) is 4.30. The maximum atomic E-state index is 5.93. The molecule has 0 spiro atoms. The minimum absolute atomic E-state index is 0.450. The number of halogens is 2. The van der Waals surface area contributed by atoms with Crippen LogP contribution in [0, 0.1) is 6.92 Å². The van der Waals surface area contributed by atoms with Crippen molar-refractivity contribution in [3.8, 4) is 11.6 Å². The third-order valence-corrected chi connectivity index (χ3v) is 3.33. The number of rotatable bonds is 4. The molecule has 1 heterocycles. The molecule has 0 fully saturated rings. The van der Waals surface area contributed by atoms with E-state index in [9.17, 15) is 0 Å². The van der Waals surface area contributed by atoms with Crippen molar-refractivity contribution in [3.63, 3.8) is 0 Å². The summed E-state index contributed by atoms with van der Waals surface area (Å²) >= 11 is 11.8. The van der Waals surface area contributed by atoms with Crippen LogP contribution in [0.25, 0.3) is 0 Å². The van der Waals surface area contributed by atoms with E-state index in [0.29, 0.717) is 16.8 Å². The fraction of sp³-hybridized carbons (Fsp3) is 0.267. The van der Waals surface area contributed by atoms with Crippen LogP contribution in [0.2, 0.25) is 5.02 Å². The molecule has 4 heteroatoms. The van der Waals surface area contributed by atoms with Gasteiger partial charge in [0.25, 0.3) is 0 Å². The molecule has 2 nitrogen and oxygen atoms in total. The topological polar surface area (TPSA) is 22.1 Å². The number of alkyl halides is 1. The van der Waals surface area contributed by atoms with E-state index < -0.39 is 0 Å². The highest BCUT2D eigenvalue weighted by molar-refractivity contribution is 6.30. The Morgan fingerprint density at radius 1 is 1.21 bits per heavy atom. The molecule has 0 unspecified atom stereocenters. The highest BCUT2D eigenvalue weighted by Crippen LogP contribution is 2.27. The van der Waals surface area contributed by atoms with Gasteiger partial charge in [-0.05, 0) is 48.7 Å². The summed E-state index contributed by atoms with van der Waals surface area (Å²) in [5, 5.41) is 0.696. The first-order valence-electron chi connectivity index (χ1n) is 6.12. The maximum Gasteiger partial charge on any atom is 0.219 e. The quantitative estimate of drug-likeness (QED) is 0.729. The molecule has 0 N–H and O–H groups in total. The van der Waals surface area contributed by atoms with Gasteiger partial charge in [-0.2, -0.15) is 0 Å². The molecule has 2 rings (SSSR count). The second kappa shape index (κ2) is 6.27. The molecule has 0 amide bonds. The van der Waals surface area contributed by atoms with Crippen LogP contribution in [0.4, 0.5) is 0 Å². The van der Waals surface area contributed by atoms with Gasteiger partial charge in [0, 0.05) is 22.7 Å². The molecule has 0 aliphatic carbocycles. The Hall–Kier alpha value is -1.25. The lowest BCUT2D eigenvalue weighted by Gasteiger charge is -2.10. The molecule has 0 atom stereocenters. The van der Waals surface area contributed by atoms with E-state index in [2.05, 4.69) is 11.9 Å². The molecule has 100 valence electrons. The smallest absolute Gasteiger partial charge is 0.219 e. The van der Waals surface area contributed by atoms with Crippen molar-refractivity contribution in [3.05, 3.63) is 52.2 Å². The number of hydrogen-bond acceptors (Lipinski definition) is 2. The summed E-state index contributed by atoms with van der Waals surface area (Å²) in [5.41, 5.74) is 2.96. The van der Waals surface area contributed by atoms with Crippen molar-refractivity contribution in [2.45, 2.75) is 26.1 Å². The van der Waals surface area contributed by atoms with E-state index in [4.69, 9.17) is 27.9 Å². The Morgan fingerprint density at radius 2 is 2.00 bits per heavy atom. The van der Waals surface area contributed by atoms with Gasteiger partial charge < -0.3 is 4.74 Å². The summed E-state index contributed by atoms with van der Waals surface area (Å²) in [6.07, 6.45) is 0.848. The first-order chi connectivity index (χ1) is 9.12. The number of ether oxygens (including phenoxy) is 1. The van der Waals surface area contributed by atoms with Crippen LogP contribution in [0.3, 0.4) is 0 Å². The van der Waals surface area contributed by atoms with Gasteiger partial charge in [0.15, 0.2) is 0 Å². The van der Waals surface area contributed by atoms with Crippen molar-refractivity contribution in [1.29, 1.82) is 0 Å². The van der Waals surface area contributed by atoms with E-state index in [1.165, 1.54) is 0 Å². The first-order valence-corrected chi connectivity index (χ1v) is 7.03. The summed E-state index contributed by atoms with van der Waals surface area (Å²) in [6.45, 7) is 4.00. The number of pyridine rings is 1. The fourth-order valence-electron chi connectivity index (χ4n) is 1.77. The summed E-state index contributed by atoms with van der Waals surface area (Å²) in [4.78, 5) is 4.44. The minimum Gasteiger partial charge on any atom is -0.439 e. The van der Waals surface area contributed by atoms with Gasteiger partial charge in [-0.15, -0.1) is 11.6 Å². The zero-order valence-electron chi connectivity index (χ0n) is 10.9. The van der Waals surface area contributed by atoms with Crippen LogP contribution in [0.5, 0.6) is 11.6 Å². The van der Waals surface area contributed by atoms with Crippen molar-refractivity contribution >= 4 is 23.2 Å². The zero-order chi connectivity index (χ0) is 13.8. The van der Waals surface area contributed by atoms with Crippen LogP contribution in [-0.2, 0) is 12.3 Å². The predicted molar refractivity (Wildman–Crippen MR) is 79.4 cm³/mol. The lowest BCUT2D eigenvalue weighted by atomic mass is 10.2. The Balaban J connectivity index is 2.31. The molecule has 0 aliphatic heterocycles. The van der Waals surface area contributed by atoms with Crippen LogP contribution >= 0.6 is 23.2 Å². The Kier molecular flexibility index (Phi) is 4.67. The van der Waals surface area contributed by atoms with Gasteiger partial charge in [0.1, 0.15) is 5.75 Å². The second-order valence-corrected chi connectivity index (χ2v) is 5.01. The number of aryl methyl sites for hydroxylation is 2. The van der Waals surface area contributed by atoms with E-state index in [1.54, 1.807) is 6.07 Å². The van der Waals surface area contributed by atoms with Gasteiger partial charge in [0.2, 0.25) is 5.88 Å². The molecule has 1 aromatic heterocycles. The average molecular weight is 296 g/mol. The molecular formula is C15H15Cl2NO. The zero-order valence-corrected chi connectivity index (χ0v) is 12.4. The lowest BCUT2D eigenvalue weighted by Crippen LogP contribution is -1.96. The third kappa shape index (κ3) is 3.62. The number of benzene rings is 1. The van der Waals surface area contributed by atoms with E-state index >= 15 is 0 Å². The molecular weight excluding hydrogens is 281 g/mol. The summed E-state index contributed by atoms with van der Waals surface area (Å²) < 4.78 is 5.82. The van der Waals surface area contributed by atoms with Gasteiger partial charge >= 0.3 is 0 Å². The van der Waals surface area contributed by atoms with Crippen LogP contribution in [0.15, 0.2) is 30.3 Å². The molecule has 0 aliphatic rings. The van der Waals surface area contributed by atoms with Crippen molar-refractivity contribution in [2.75, 3.05) is 0 Å². The molecule has 19 heavy (non-hydrogen) atoms. The third-order valence-electron chi connectivity index (χ3n) is 2.78. The van der Waals surface area contributed by atoms with E-state index in [0.717, 1.165) is 29.0 Å². The molecule has 1 aromatic carbocycles. The minimum atomic E-state index is 0.450. The van der Waals surface area contributed by atoms with Crippen molar-refractivity contribution < 1.29 is 4.74 Å². The van der Waals surface area contributed by atoms with Crippen LogP contribution in [-0.4, -0.2) is 4.98 Å². The summed E-state index contributed by atoms with van der Waals surface area (Å²) in [5.74, 6) is 1.77. The highest BCUT2D eigenvalue weighted by Gasteiger charge is 2.06. The summed E-state index contributed by atoms with van der Waals surface area (Å²) in [7, 11) is 0. The highest BCUT2D eigenvalue weighted by atomic mass is 35.5. The average Bonchev–Trinajstić information content (AvgIpc) is 2.41. The monoisotopic (exact) mass is 295 g/mol. The molecule has 0 saturated heterocycles. The lowest BCUT2D eigenvalue weighted by molar-refractivity contribution is 0.457. The fourth-order valence-corrected chi connectivity index (χ4v) is 2.15. The molecule has 0 bridgehead atoms. The first kappa shape index (κ1) is 14.2. The van der Waals surface area contributed by atoms with Crippen LogP contribution in [0.1, 0.15) is 23.7 Å². The van der Waals surface area contributed by atoms with Gasteiger partial charge in [-0.3, -0.25) is 0 Å². The normalized spacial score (nSPS) is 10.5. The van der Waals surface area contributed by atoms with Gasteiger partial charge in [-0.25, -0.2) is 4.98 Å². The Bertz CT molecular complexity index is 562. The summed E-state index contributed by atoms with van der Waals surface area (Å²) in [6, 6.07) is 9.37. The SMILES string of the molecule is CCc1cc(CCl)cc(Oc2ccc(Cl)cc2C)n1. The van der Waals surface area contributed by atoms with Gasteiger partial charge in [0.05, 0.1) is 0 Å². The number of aromatic nitrogens is 1. The maximum absolute atomic E-state index is 5.93.